The molecule has 1 heterocycles. The SMILES string of the molecule is Cc1cc(C(=NC=N)c2cc(-c3ccc(O)cc3)c[nH]2)ccc1CNC=O. The van der Waals surface area contributed by atoms with Gasteiger partial charge in [0.05, 0.1) is 11.4 Å². The number of H-pyrrole nitrogens is 1. The van der Waals surface area contributed by atoms with Gasteiger partial charge in [-0.15, -0.1) is 0 Å². The van der Waals surface area contributed by atoms with E-state index in [9.17, 15) is 9.90 Å². The maximum Gasteiger partial charge on any atom is 0.207 e. The number of nitrogens with one attached hydrogen (secondary N) is 3. The molecule has 0 fully saturated rings. The lowest BCUT2D eigenvalue weighted by molar-refractivity contribution is -0.109. The van der Waals surface area contributed by atoms with Crippen LogP contribution in [-0.4, -0.2) is 28.6 Å². The van der Waals surface area contributed by atoms with E-state index in [-0.39, 0.29) is 5.75 Å². The molecule has 0 unspecified atom stereocenters. The van der Waals surface area contributed by atoms with E-state index in [0.717, 1.165) is 39.8 Å². The number of phenols is 1. The van der Waals surface area contributed by atoms with Crippen molar-refractivity contribution in [3.05, 3.63) is 77.1 Å². The normalized spacial score (nSPS) is 11.2. The first-order chi connectivity index (χ1) is 13.1. The fourth-order valence-corrected chi connectivity index (χ4v) is 2.91. The van der Waals surface area contributed by atoms with Crippen molar-refractivity contribution in [2.75, 3.05) is 0 Å². The van der Waals surface area contributed by atoms with Gasteiger partial charge in [0.1, 0.15) is 12.1 Å². The van der Waals surface area contributed by atoms with Crippen molar-refractivity contribution >= 4 is 18.5 Å². The lowest BCUT2D eigenvalue weighted by atomic mass is 10.00. The maximum atomic E-state index is 10.5. The third-order valence-electron chi connectivity index (χ3n) is 4.32. The molecule has 3 rings (SSSR count). The van der Waals surface area contributed by atoms with Crippen LogP contribution in [-0.2, 0) is 11.3 Å². The summed E-state index contributed by atoms with van der Waals surface area (Å²) in [5, 5.41) is 19.5. The molecule has 136 valence electrons. The quantitative estimate of drug-likeness (QED) is 0.295. The van der Waals surface area contributed by atoms with E-state index in [2.05, 4.69) is 15.3 Å². The van der Waals surface area contributed by atoms with Crippen molar-refractivity contribution in [1.29, 1.82) is 5.41 Å². The van der Waals surface area contributed by atoms with Crippen LogP contribution in [0.15, 0.2) is 59.7 Å². The summed E-state index contributed by atoms with van der Waals surface area (Å²) in [4.78, 5) is 17.9. The second-order valence-corrected chi connectivity index (χ2v) is 6.10. The van der Waals surface area contributed by atoms with Gasteiger partial charge in [0, 0.05) is 18.3 Å². The number of aromatic amines is 1. The number of benzene rings is 2. The van der Waals surface area contributed by atoms with Crippen LogP contribution in [0.2, 0.25) is 0 Å². The van der Waals surface area contributed by atoms with Crippen LogP contribution >= 0.6 is 0 Å². The molecule has 0 saturated carbocycles. The number of aromatic nitrogens is 1. The number of phenolic OH excluding ortho intramolecular Hbond substituents is 1. The molecular weight excluding hydrogens is 340 g/mol. The van der Waals surface area contributed by atoms with Crippen molar-refractivity contribution in [2.24, 2.45) is 4.99 Å². The second kappa shape index (κ2) is 8.14. The summed E-state index contributed by atoms with van der Waals surface area (Å²) >= 11 is 0. The highest BCUT2D eigenvalue weighted by Crippen LogP contribution is 2.24. The van der Waals surface area contributed by atoms with E-state index in [0.29, 0.717) is 18.7 Å². The van der Waals surface area contributed by atoms with Gasteiger partial charge in [-0.25, -0.2) is 4.99 Å². The first-order valence-corrected chi connectivity index (χ1v) is 8.44. The van der Waals surface area contributed by atoms with E-state index in [4.69, 9.17) is 5.41 Å². The van der Waals surface area contributed by atoms with E-state index in [1.165, 1.54) is 0 Å². The van der Waals surface area contributed by atoms with E-state index < -0.39 is 0 Å². The number of aliphatic imine (C=N–C) groups is 1. The van der Waals surface area contributed by atoms with E-state index in [1.807, 2.05) is 49.5 Å². The number of aromatic hydroxyl groups is 1. The number of carbonyl (C=O) groups excluding carboxylic acids is 1. The Labute approximate surface area is 157 Å². The van der Waals surface area contributed by atoms with E-state index in [1.54, 1.807) is 12.1 Å². The number of carbonyl (C=O) groups is 1. The molecule has 0 spiro atoms. The molecule has 6 nitrogen and oxygen atoms in total. The van der Waals surface area contributed by atoms with Crippen molar-refractivity contribution in [2.45, 2.75) is 13.5 Å². The molecule has 0 radical (unpaired) electrons. The molecule has 4 N–H and O–H groups in total. The fraction of sp³-hybridized carbons (Fsp3) is 0.0952. The van der Waals surface area contributed by atoms with Crippen LogP contribution in [0.1, 0.15) is 22.4 Å². The number of hydrogen-bond donors (Lipinski definition) is 4. The van der Waals surface area contributed by atoms with Crippen LogP contribution in [0.25, 0.3) is 11.1 Å². The average Bonchev–Trinajstić information content (AvgIpc) is 3.15. The first-order valence-electron chi connectivity index (χ1n) is 8.44. The summed E-state index contributed by atoms with van der Waals surface area (Å²) in [5.41, 5.74) is 6.32. The van der Waals surface area contributed by atoms with Crippen LogP contribution in [0.3, 0.4) is 0 Å². The van der Waals surface area contributed by atoms with Gasteiger partial charge in [-0.2, -0.15) is 0 Å². The zero-order valence-corrected chi connectivity index (χ0v) is 14.9. The van der Waals surface area contributed by atoms with Gasteiger partial charge in [0.15, 0.2) is 0 Å². The molecule has 27 heavy (non-hydrogen) atoms. The minimum Gasteiger partial charge on any atom is -0.508 e. The first kappa shape index (κ1) is 18.1. The predicted octanol–water partition coefficient (Wildman–Crippen LogP) is 3.39. The lowest BCUT2D eigenvalue weighted by Gasteiger charge is -2.09. The molecule has 6 heteroatoms. The van der Waals surface area contributed by atoms with Gasteiger partial charge in [0.2, 0.25) is 6.41 Å². The van der Waals surface area contributed by atoms with Crippen molar-refractivity contribution < 1.29 is 9.90 Å². The summed E-state index contributed by atoms with van der Waals surface area (Å²) in [6.07, 6.45) is 3.57. The Hall–Kier alpha value is -3.67. The monoisotopic (exact) mass is 360 g/mol. The maximum absolute atomic E-state index is 10.5. The van der Waals surface area contributed by atoms with Gasteiger partial charge in [0.25, 0.3) is 0 Å². The number of nitrogens with zero attached hydrogens (tertiary/aromatic N) is 1. The molecule has 1 amide bonds. The highest BCUT2D eigenvalue weighted by molar-refractivity contribution is 6.14. The highest BCUT2D eigenvalue weighted by atomic mass is 16.3. The molecule has 0 aliphatic heterocycles. The summed E-state index contributed by atoms with van der Waals surface area (Å²) < 4.78 is 0. The second-order valence-electron chi connectivity index (χ2n) is 6.10. The molecule has 0 bridgehead atoms. The summed E-state index contributed by atoms with van der Waals surface area (Å²) in [5.74, 6) is 0.222. The lowest BCUT2D eigenvalue weighted by Crippen LogP contribution is -2.12. The molecule has 0 aliphatic carbocycles. The number of amides is 1. The molecule has 0 aliphatic rings. The third-order valence-corrected chi connectivity index (χ3v) is 4.32. The van der Waals surface area contributed by atoms with Crippen LogP contribution < -0.4 is 5.32 Å². The number of rotatable bonds is 7. The topological polar surface area (TPSA) is 101 Å². The van der Waals surface area contributed by atoms with Gasteiger partial charge >= 0.3 is 0 Å². The number of aryl methyl sites for hydroxylation is 1. The van der Waals surface area contributed by atoms with Gasteiger partial charge in [-0.3, -0.25) is 10.2 Å². The largest absolute Gasteiger partial charge is 0.508 e. The predicted molar refractivity (Wildman–Crippen MR) is 106 cm³/mol. The molecule has 0 atom stereocenters. The van der Waals surface area contributed by atoms with Crippen molar-refractivity contribution in [3.8, 4) is 16.9 Å². The Morgan fingerprint density at radius 3 is 2.63 bits per heavy atom. The van der Waals surface area contributed by atoms with E-state index >= 15 is 0 Å². The smallest absolute Gasteiger partial charge is 0.207 e. The zero-order chi connectivity index (χ0) is 19.2. The van der Waals surface area contributed by atoms with Gasteiger partial charge < -0.3 is 15.4 Å². The fourth-order valence-electron chi connectivity index (χ4n) is 2.91. The molecule has 2 aromatic carbocycles. The summed E-state index contributed by atoms with van der Waals surface area (Å²) in [6.45, 7) is 2.45. The third kappa shape index (κ3) is 4.12. The molecular formula is C21H20N4O2. The molecule has 1 aromatic heterocycles. The Morgan fingerprint density at radius 2 is 1.96 bits per heavy atom. The Morgan fingerprint density at radius 1 is 1.19 bits per heavy atom. The van der Waals surface area contributed by atoms with Gasteiger partial charge in [-0.05, 0) is 53.4 Å². The molecule has 3 aromatic rings. The Bertz CT molecular complexity index is 988. The van der Waals surface area contributed by atoms with Crippen molar-refractivity contribution in [1.82, 2.24) is 10.3 Å². The Kier molecular flexibility index (Phi) is 5.47. The average molecular weight is 360 g/mol. The minimum atomic E-state index is 0.222. The van der Waals surface area contributed by atoms with Crippen molar-refractivity contribution in [3.63, 3.8) is 0 Å². The standard InChI is InChI=1S/C21H20N4O2/c1-14-8-16(2-3-17(14)10-23-13-26)21(25-12-22)20-9-18(11-24-20)15-4-6-19(27)7-5-15/h2-9,11-13,22,24,27H,10H2,1H3,(H,23,26). The highest BCUT2D eigenvalue weighted by Gasteiger charge is 2.12. The summed E-state index contributed by atoms with van der Waals surface area (Å²) in [6, 6.07) is 14.8. The van der Waals surface area contributed by atoms with Crippen LogP contribution in [0.4, 0.5) is 0 Å². The summed E-state index contributed by atoms with van der Waals surface area (Å²) in [7, 11) is 0. The minimum absolute atomic E-state index is 0.222. The number of hydrogen-bond acceptors (Lipinski definition) is 3. The Balaban J connectivity index is 1.94. The van der Waals surface area contributed by atoms with Crippen LogP contribution in [0, 0.1) is 12.3 Å². The zero-order valence-electron chi connectivity index (χ0n) is 14.9. The molecule has 0 saturated heterocycles. The van der Waals surface area contributed by atoms with Gasteiger partial charge in [-0.1, -0.05) is 24.3 Å². The van der Waals surface area contributed by atoms with Crippen LogP contribution in [0.5, 0.6) is 5.75 Å².